The van der Waals surface area contributed by atoms with Crippen molar-refractivity contribution in [3.05, 3.63) is 101 Å². The Morgan fingerprint density at radius 3 is 2.55 bits per heavy atom. The quantitative estimate of drug-likeness (QED) is 0.670. The number of esters is 1. The lowest BCUT2D eigenvalue weighted by Gasteiger charge is -2.25. The first-order chi connectivity index (χ1) is 14.1. The van der Waals surface area contributed by atoms with E-state index in [9.17, 15) is 9.59 Å². The average Bonchev–Trinajstić information content (AvgIpc) is 2.78. The normalized spacial score (nSPS) is 15.2. The van der Waals surface area contributed by atoms with E-state index < -0.39 is 0 Å². The summed E-state index contributed by atoms with van der Waals surface area (Å²) >= 11 is 0. The first-order valence-electron chi connectivity index (χ1n) is 9.44. The predicted octanol–water partition coefficient (Wildman–Crippen LogP) is 4.08. The molecular weight excluding hydrogens is 366 g/mol. The zero-order valence-corrected chi connectivity index (χ0v) is 16.1. The molecule has 1 amide bonds. The maximum atomic E-state index is 12.6. The molecule has 0 aromatic heterocycles. The van der Waals surface area contributed by atoms with Gasteiger partial charge in [-0.25, -0.2) is 4.79 Å². The SMILES string of the molecule is COc1ccc(CNC(=O)c2ccc3c(c2)C[C@H](c2ccccc2)OC3=O)cc1. The predicted molar refractivity (Wildman–Crippen MR) is 109 cm³/mol. The summed E-state index contributed by atoms with van der Waals surface area (Å²) in [5.74, 6) is 0.235. The number of carbonyl (C=O) groups excluding carboxylic acids is 2. The van der Waals surface area contributed by atoms with Crippen LogP contribution in [0.25, 0.3) is 0 Å². The zero-order valence-electron chi connectivity index (χ0n) is 16.1. The smallest absolute Gasteiger partial charge is 0.339 e. The molecule has 1 aliphatic heterocycles. The van der Waals surface area contributed by atoms with Crippen LogP contribution in [-0.2, 0) is 17.7 Å². The molecule has 5 heteroatoms. The molecule has 3 aromatic rings. The van der Waals surface area contributed by atoms with Gasteiger partial charge in [0.05, 0.1) is 12.7 Å². The molecule has 0 radical (unpaired) electrons. The molecule has 0 bridgehead atoms. The van der Waals surface area contributed by atoms with Gasteiger partial charge >= 0.3 is 5.97 Å². The molecule has 0 saturated heterocycles. The van der Waals surface area contributed by atoms with E-state index in [-0.39, 0.29) is 18.0 Å². The van der Waals surface area contributed by atoms with Crippen LogP contribution in [0.3, 0.4) is 0 Å². The number of benzene rings is 3. The number of amides is 1. The molecule has 3 aromatic carbocycles. The minimum atomic E-state index is -0.356. The second-order valence-corrected chi connectivity index (χ2v) is 6.91. The third-order valence-corrected chi connectivity index (χ3v) is 5.03. The van der Waals surface area contributed by atoms with Crippen LogP contribution >= 0.6 is 0 Å². The van der Waals surface area contributed by atoms with E-state index in [0.29, 0.717) is 24.1 Å². The van der Waals surface area contributed by atoms with Crippen LogP contribution in [0.1, 0.15) is 43.5 Å². The summed E-state index contributed by atoms with van der Waals surface area (Å²) in [7, 11) is 1.62. The number of ether oxygens (including phenoxy) is 2. The number of rotatable bonds is 5. The molecule has 1 aliphatic rings. The van der Waals surface area contributed by atoms with Crippen molar-refractivity contribution in [2.24, 2.45) is 0 Å². The standard InChI is InChI=1S/C24H21NO4/c1-28-20-10-7-16(8-11-20)15-25-23(26)18-9-12-21-19(13-18)14-22(29-24(21)27)17-5-3-2-4-6-17/h2-13,22H,14-15H2,1H3,(H,25,26)/t22-/m1/s1. The van der Waals surface area contributed by atoms with Gasteiger partial charge in [0.25, 0.3) is 5.91 Å². The van der Waals surface area contributed by atoms with Gasteiger partial charge in [-0.1, -0.05) is 42.5 Å². The van der Waals surface area contributed by atoms with E-state index in [4.69, 9.17) is 9.47 Å². The van der Waals surface area contributed by atoms with Gasteiger partial charge in [0.15, 0.2) is 0 Å². The molecule has 1 N–H and O–H groups in total. The molecule has 146 valence electrons. The summed E-state index contributed by atoms with van der Waals surface area (Å²) in [5, 5.41) is 2.92. The number of hydrogen-bond acceptors (Lipinski definition) is 4. The van der Waals surface area contributed by atoms with Gasteiger partial charge in [-0.2, -0.15) is 0 Å². The lowest BCUT2D eigenvalue weighted by molar-refractivity contribution is 0.0252. The van der Waals surface area contributed by atoms with Gasteiger partial charge in [-0.05, 0) is 47.0 Å². The molecule has 4 rings (SSSR count). The Morgan fingerprint density at radius 1 is 1.07 bits per heavy atom. The molecule has 0 fully saturated rings. The Kier molecular flexibility index (Phi) is 5.29. The van der Waals surface area contributed by atoms with E-state index >= 15 is 0 Å². The highest BCUT2D eigenvalue weighted by molar-refractivity contribution is 5.97. The molecule has 1 atom stereocenters. The number of fused-ring (bicyclic) bond motifs is 1. The minimum absolute atomic E-state index is 0.182. The van der Waals surface area contributed by atoms with Gasteiger partial charge in [-0.3, -0.25) is 4.79 Å². The molecular formula is C24H21NO4. The fraction of sp³-hybridized carbons (Fsp3) is 0.167. The second-order valence-electron chi connectivity index (χ2n) is 6.91. The van der Waals surface area contributed by atoms with E-state index in [1.165, 1.54) is 0 Å². The van der Waals surface area contributed by atoms with Crippen molar-refractivity contribution in [3.63, 3.8) is 0 Å². The highest BCUT2D eigenvalue weighted by Gasteiger charge is 2.28. The number of methoxy groups -OCH3 is 1. The fourth-order valence-electron chi connectivity index (χ4n) is 3.42. The number of cyclic esters (lactones) is 1. The van der Waals surface area contributed by atoms with Crippen molar-refractivity contribution >= 4 is 11.9 Å². The largest absolute Gasteiger partial charge is 0.497 e. The average molecular weight is 387 g/mol. The Morgan fingerprint density at radius 2 is 1.83 bits per heavy atom. The maximum absolute atomic E-state index is 12.6. The van der Waals surface area contributed by atoms with Crippen LogP contribution in [0.15, 0.2) is 72.8 Å². The summed E-state index contributed by atoms with van der Waals surface area (Å²) in [6.45, 7) is 0.411. The summed E-state index contributed by atoms with van der Waals surface area (Å²) in [5.41, 5.74) is 3.79. The van der Waals surface area contributed by atoms with Gasteiger partial charge in [-0.15, -0.1) is 0 Å². The third kappa shape index (κ3) is 4.14. The second kappa shape index (κ2) is 8.19. The van der Waals surface area contributed by atoms with Crippen LogP contribution in [0, 0.1) is 0 Å². The number of hydrogen-bond donors (Lipinski definition) is 1. The summed E-state index contributed by atoms with van der Waals surface area (Å²) in [6, 6.07) is 22.3. The molecule has 1 heterocycles. The van der Waals surface area contributed by atoms with Crippen LogP contribution in [-0.4, -0.2) is 19.0 Å². The van der Waals surface area contributed by atoms with Crippen molar-refractivity contribution < 1.29 is 19.1 Å². The fourth-order valence-corrected chi connectivity index (χ4v) is 3.42. The van der Waals surface area contributed by atoms with Crippen molar-refractivity contribution in [1.29, 1.82) is 0 Å². The Hall–Kier alpha value is -3.60. The number of carbonyl (C=O) groups is 2. The first-order valence-corrected chi connectivity index (χ1v) is 9.44. The van der Waals surface area contributed by atoms with E-state index in [1.54, 1.807) is 25.3 Å². The Balaban J connectivity index is 1.48. The molecule has 5 nitrogen and oxygen atoms in total. The van der Waals surface area contributed by atoms with Crippen LogP contribution < -0.4 is 10.1 Å². The van der Waals surface area contributed by atoms with E-state index in [0.717, 1.165) is 22.4 Å². The van der Waals surface area contributed by atoms with Crippen LogP contribution in [0.4, 0.5) is 0 Å². The summed E-state index contributed by atoms with van der Waals surface area (Å²) in [6.07, 6.45) is 0.207. The summed E-state index contributed by atoms with van der Waals surface area (Å²) in [4.78, 5) is 25.0. The van der Waals surface area contributed by atoms with Crippen molar-refractivity contribution in [3.8, 4) is 5.75 Å². The van der Waals surface area contributed by atoms with Crippen molar-refractivity contribution in [2.75, 3.05) is 7.11 Å². The Labute approximate surface area is 169 Å². The minimum Gasteiger partial charge on any atom is -0.497 e. The van der Waals surface area contributed by atoms with Crippen LogP contribution in [0.5, 0.6) is 5.75 Å². The molecule has 0 saturated carbocycles. The summed E-state index contributed by atoms with van der Waals surface area (Å²) < 4.78 is 10.7. The first kappa shape index (κ1) is 18.7. The Bertz CT molecular complexity index is 1030. The molecule has 29 heavy (non-hydrogen) atoms. The van der Waals surface area contributed by atoms with E-state index in [1.807, 2.05) is 54.6 Å². The van der Waals surface area contributed by atoms with Gasteiger partial charge in [0.2, 0.25) is 0 Å². The zero-order chi connectivity index (χ0) is 20.2. The molecule has 0 aliphatic carbocycles. The monoisotopic (exact) mass is 387 g/mol. The highest BCUT2D eigenvalue weighted by atomic mass is 16.5. The lowest BCUT2D eigenvalue weighted by atomic mass is 9.93. The van der Waals surface area contributed by atoms with Gasteiger partial charge < -0.3 is 14.8 Å². The van der Waals surface area contributed by atoms with Crippen molar-refractivity contribution in [2.45, 2.75) is 19.1 Å². The van der Waals surface area contributed by atoms with Crippen LogP contribution in [0.2, 0.25) is 0 Å². The van der Waals surface area contributed by atoms with Gasteiger partial charge in [0.1, 0.15) is 11.9 Å². The molecule has 0 spiro atoms. The number of nitrogens with one attached hydrogen (secondary N) is 1. The van der Waals surface area contributed by atoms with E-state index in [2.05, 4.69) is 5.32 Å². The highest BCUT2D eigenvalue weighted by Crippen LogP contribution is 2.31. The third-order valence-electron chi connectivity index (χ3n) is 5.03. The topological polar surface area (TPSA) is 64.6 Å². The lowest BCUT2D eigenvalue weighted by Crippen LogP contribution is -2.25. The van der Waals surface area contributed by atoms with Crippen molar-refractivity contribution in [1.82, 2.24) is 5.32 Å². The molecule has 0 unspecified atom stereocenters. The maximum Gasteiger partial charge on any atom is 0.339 e. The van der Waals surface area contributed by atoms with Gasteiger partial charge in [0, 0.05) is 18.5 Å².